The molecule has 0 saturated heterocycles. The predicted octanol–water partition coefficient (Wildman–Crippen LogP) is 4.90. The Kier molecular flexibility index (Phi) is 5.18. The number of hydrogen-bond acceptors (Lipinski definition) is 3. The number of para-hydroxylation sites is 2. The summed E-state index contributed by atoms with van der Waals surface area (Å²) in [7, 11) is 0. The Morgan fingerprint density at radius 2 is 2.00 bits per heavy atom. The summed E-state index contributed by atoms with van der Waals surface area (Å²) in [6.45, 7) is 2.62. The number of nitrogens with one attached hydrogen (secondary N) is 2. The Balaban J connectivity index is 1.74. The summed E-state index contributed by atoms with van der Waals surface area (Å²) < 4.78 is 5.66. The van der Waals surface area contributed by atoms with Crippen LogP contribution in [0.4, 0.5) is 5.69 Å². The third kappa shape index (κ3) is 3.67. The van der Waals surface area contributed by atoms with Crippen LogP contribution in [0, 0.1) is 0 Å². The normalized spacial score (nSPS) is 16.0. The highest BCUT2D eigenvalue weighted by molar-refractivity contribution is 7.80. The van der Waals surface area contributed by atoms with Crippen molar-refractivity contribution in [3.05, 3.63) is 46.7 Å². The maximum Gasteiger partial charge on any atom is 0.171 e. The zero-order valence-corrected chi connectivity index (χ0v) is 14.9. The van der Waals surface area contributed by atoms with Crippen molar-refractivity contribution in [1.29, 1.82) is 0 Å². The molecule has 23 heavy (non-hydrogen) atoms. The van der Waals surface area contributed by atoms with E-state index in [1.807, 2.05) is 31.2 Å². The molecule has 0 atom stereocenters. The van der Waals surface area contributed by atoms with Gasteiger partial charge in [-0.2, -0.15) is 0 Å². The van der Waals surface area contributed by atoms with E-state index in [0.29, 0.717) is 11.7 Å². The molecular weight excluding hydrogens is 324 g/mol. The highest BCUT2D eigenvalue weighted by atomic mass is 32.1. The first-order valence-electron chi connectivity index (χ1n) is 8.08. The van der Waals surface area contributed by atoms with Crippen LogP contribution in [0.2, 0.25) is 0 Å². The molecule has 122 valence electrons. The summed E-state index contributed by atoms with van der Waals surface area (Å²) in [5, 5.41) is 9.69. The average Bonchev–Trinajstić information content (AvgIpc) is 3.21. The Hall–Kier alpha value is -1.59. The molecule has 1 aliphatic rings. The van der Waals surface area contributed by atoms with Crippen molar-refractivity contribution >= 4 is 34.4 Å². The second-order valence-corrected chi connectivity index (χ2v) is 7.13. The summed E-state index contributed by atoms with van der Waals surface area (Å²) in [5.74, 6) is 0.829. The van der Waals surface area contributed by atoms with Gasteiger partial charge < -0.3 is 15.4 Å². The molecule has 1 fully saturated rings. The fourth-order valence-electron chi connectivity index (χ4n) is 3.18. The van der Waals surface area contributed by atoms with E-state index in [4.69, 9.17) is 17.0 Å². The molecule has 0 unspecified atom stereocenters. The van der Waals surface area contributed by atoms with Gasteiger partial charge in [0.15, 0.2) is 5.11 Å². The van der Waals surface area contributed by atoms with E-state index in [1.54, 1.807) is 11.3 Å². The second-order valence-electron chi connectivity index (χ2n) is 5.77. The van der Waals surface area contributed by atoms with Crippen LogP contribution in [0.1, 0.15) is 37.5 Å². The van der Waals surface area contributed by atoms with Gasteiger partial charge in [0.2, 0.25) is 0 Å². The second kappa shape index (κ2) is 7.32. The lowest BCUT2D eigenvalue weighted by Gasteiger charge is -2.31. The zero-order chi connectivity index (χ0) is 16.1. The predicted molar refractivity (Wildman–Crippen MR) is 101 cm³/mol. The largest absolute Gasteiger partial charge is 0.492 e. The van der Waals surface area contributed by atoms with Gasteiger partial charge in [0.05, 0.1) is 17.8 Å². The number of anilines is 1. The first-order valence-corrected chi connectivity index (χ1v) is 9.37. The Morgan fingerprint density at radius 1 is 1.22 bits per heavy atom. The third-order valence-corrected chi connectivity index (χ3v) is 5.52. The lowest BCUT2D eigenvalue weighted by atomic mass is 9.96. The summed E-state index contributed by atoms with van der Waals surface area (Å²) in [4.78, 5) is 1.37. The highest BCUT2D eigenvalue weighted by Crippen LogP contribution is 2.41. The Morgan fingerprint density at radius 3 is 2.70 bits per heavy atom. The molecule has 5 heteroatoms. The van der Waals surface area contributed by atoms with Gasteiger partial charge in [0, 0.05) is 4.88 Å². The topological polar surface area (TPSA) is 33.3 Å². The number of thiophene rings is 1. The van der Waals surface area contributed by atoms with Gasteiger partial charge in [0.1, 0.15) is 5.75 Å². The van der Waals surface area contributed by atoms with Crippen molar-refractivity contribution < 1.29 is 4.74 Å². The molecule has 2 aromatic rings. The first-order chi connectivity index (χ1) is 11.2. The molecule has 0 bridgehead atoms. The minimum absolute atomic E-state index is 0.0151. The lowest BCUT2D eigenvalue weighted by Crippen LogP contribution is -2.45. The van der Waals surface area contributed by atoms with E-state index in [9.17, 15) is 0 Å². The molecular formula is C18H22N2OS2. The molecule has 0 spiro atoms. The highest BCUT2D eigenvalue weighted by Gasteiger charge is 2.37. The molecule has 0 radical (unpaired) electrons. The van der Waals surface area contributed by atoms with Crippen LogP contribution < -0.4 is 15.4 Å². The van der Waals surface area contributed by atoms with Crippen LogP contribution >= 0.6 is 23.6 Å². The van der Waals surface area contributed by atoms with E-state index in [0.717, 1.165) is 24.3 Å². The summed E-state index contributed by atoms with van der Waals surface area (Å²) in [6, 6.07) is 12.2. The van der Waals surface area contributed by atoms with Gasteiger partial charge >= 0.3 is 0 Å². The van der Waals surface area contributed by atoms with Crippen molar-refractivity contribution in [2.24, 2.45) is 0 Å². The molecule has 1 saturated carbocycles. The summed E-state index contributed by atoms with van der Waals surface area (Å²) >= 11 is 7.39. The van der Waals surface area contributed by atoms with Gasteiger partial charge in [-0.25, -0.2) is 0 Å². The molecule has 1 heterocycles. The zero-order valence-electron chi connectivity index (χ0n) is 13.3. The van der Waals surface area contributed by atoms with Gasteiger partial charge in [-0.05, 0) is 55.6 Å². The summed E-state index contributed by atoms with van der Waals surface area (Å²) in [6.07, 6.45) is 4.73. The smallest absolute Gasteiger partial charge is 0.171 e. The van der Waals surface area contributed by atoms with Crippen molar-refractivity contribution in [3.8, 4) is 5.75 Å². The van der Waals surface area contributed by atoms with Crippen LogP contribution in [0.5, 0.6) is 5.75 Å². The van der Waals surface area contributed by atoms with Gasteiger partial charge in [-0.15, -0.1) is 11.3 Å². The molecule has 3 nitrogen and oxygen atoms in total. The maximum absolute atomic E-state index is 5.66. The van der Waals surface area contributed by atoms with E-state index in [1.165, 1.54) is 17.7 Å². The van der Waals surface area contributed by atoms with E-state index < -0.39 is 0 Å². The number of rotatable bonds is 5. The number of hydrogen-bond donors (Lipinski definition) is 2. The van der Waals surface area contributed by atoms with Gasteiger partial charge in [-0.1, -0.05) is 31.0 Å². The minimum Gasteiger partial charge on any atom is -0.492 e. The number of ether oxygens (including phenoxy) is 1. The molecule has 3 rings (SSSR count). The SMILES string of the molecule is CCOc1ccccc1NC(=S)NC1(c2cccs2)CCCC1. The van der Waals surface area contributed by atoms with E-state index in [-0.39, 0.29) is 5.54 Å². The van der Waals surface area contributed by atoms with Crippen LogP contribution in [0.3, 0.4) is 0 Å². The number of thiocarbonyl (C=S) groups is 1. The first kappa shape index (κ1) is 16.3. The van der Waals surface area contributed by atoms with E-state index in [2.05, 4.69) is 28.1 Å². The van der Waals surface area contributed by atoms with Gasteiger partial charge in [0.25, 0.3) is 0 Å². The van der Waals surface area contributed by atoms with Crippen molar-refractivity contribution in [1.82, 2.24) is 5.32 Å². The maximum atomic E-state index is 5.66. The quantitative estimate of drug-likeness (QED) is 0.754. The van der Waals surface area contributed by atoms with Crippen LogP contribution in [-0.4, -0.2) is 11.7 Å². The van der Waals surface area contributed by atoms with E-state index >= 15 is 0 Å². The van der Waals surface area contributed by atoms with Crippen LogP contribution in [0.25, 0.3) is 0 Å². The fraction of sp³-hybridized carbons (Fsp3) is 0.389. The molecule has 2 N–H and O–H groups in total. The molecule has 0 amide bonds. The third-order valence-electron chi connectivity index (χ3n) is 4.24. The van der Waals surface area contributed by atoms with Crippen LogP contribution in [-0.2, 0) is 5.54 Å². The van der Waals surface area contributed by atoms with Crippen molar-refractivity contribution in [3.63, 3.8) is 0 Å². The van der Waals surface area contributed by atoms with Crippen molar-refractivity contribution in [2.45, 2.75) is 38.1 Å². The molecule has 1 aliphatic carbocycles. The number of benzene rings is 1. The monoisotopic (exact) mass is 346 g/mol. The molecule has 1 aromatic carbocycles. The minimum atomic E-state index is -0.0151. The summed E-state index contributed by atoms with van der Waals surface area (Å²) in [5.41, 5.74) is 0.893. The molecule has 1 aromatic heterocycles. The Bertz CT molecular complexity index is 649. The fourth-order valence-corrected chi connectivity index (χ4v) is 4.43. The standard InChI is InChI=1S/C18H22N2OS2/c1-2-21-15-9-4-3-8-14(15)19-17(22)20-18(11-5-6-12-18)16-10-7-13-23-16/h3-4,7-10,13H,2,5-6,11-12H2,1H3,(H2,19,20,22). The van der Waals surface area contributed by atoms with Crippen molar-refractivity contribution in [2.75, 3.05) is 11.9 Å². The Labute approximate surface area is 147 Å². The van der Waals surface area contributed by atoms with Gasteiger partial charge in [-0.3, -0.25) is 0 Å². The van der Waals surface area contributed by atoms with Crippen LogP contribution in [0.15, 0.2) is 41.8 Å². The average molecular weight is 347 g/mol. The lowest BCUT2D eigenvalue weighted by molar-refractivity contribution is 0.342. The molecule has 0 aliphatic heterocycles.